The summed E-state index contributed by atoms with van der Waals surface area (Å²) in [4.78, 5) is 27.3. The van der Waals surface area contributed by atoms with Gasteiger partial charge in [-0.2, -0.15) is 0 Å². The monoisotopic (exact) mass is 353 g/mol. The number of rotatable bonds is 4. The predicted molar refractivity (Wildman–Crippen MR) is 102 cm³/mol. The first-order valence-electron chi connectivity index (χ1n) is 8.85. The number of para-hydroxylation sites is 2. The molecule has 0 spiro atoms. The lowest BCUT2D eigenvalue weighted by molar-refractivity contribution is -0.384. The molecule has 1 amide bonds. The van der Waals surface area contributed by atoms with E-state index in [1.165, 1.54) is 11.6 Å². The van der Waals surface area contributed by atoms with Crippen LogP contribution in [0.15, 0.2) is 48.5 Å². The highest BCUT2D eigenvalue weighted by molar-refractivity contribution is 5.94. The fraction of sp³-hybridized carbons (Fsp3) is 0.350. The van der Waals surface area contributed by atoms with Crippen molar-refractivity contribution in [3.05, 3.63) is 69.8 Å². The average Bonchev–Trinajstić information content (AvgIpc) is 2.67. The number of nitrogens with zero attached hydrogens (tertiary/aromatic N) is 3. The Morgan fingerprint density at radius 2 is 1.62 bits per heavy atom. The third kappa shape index (κ3) is 3.69. The first kappa shape index (κ1) is 17.9. The van der Waals surface area contributed by atoms with Gasteiger partial charge in [-0.1, -0.05) is 38.1 Å². The normalized spacial score (nSPS) is 14.6. The number of anilines is 1. The molecule has 1 saturated heterocycles. The van der Waals surface area contributed by atoms with Crippen LogP contribution in [0.25, 0.3) is 0 Å². The summed E-state index contributed by atoms with van der Waals surface area (Å²) in [6, 6.07) is 14.5. The summed E-state index contributed by atoms with van der Waals surface area (Å²) in [6.45, 7) is 6.52. The molecule has 0 aliphatic carbocycles. The first-order valence-corrected chi connectivity index (χ1v) is 8.85. The molecule has 1 fully saturated rings. The van der Waals surface area contributed by atoms with Gasteiger partial charge in [0.05, 0.1) is 4.92 Å². The molecule has 0 aromatic heterocycles. The molecule has 2 aromatic rings. The van der Waals surface area contributed by atoms with Gasteiger partial charge in [0.25, 0.3) is 11.6 Å². The molecule has 26 heavy (non-hydrogen) atoms. The van der Waals surface area contributed by atoms with Gasteiger partial charge >= 0.3 is 0 Å². The molecule has 136 valence electrons. The van der Waals surface area contributed by atoms with Crippen LogP contribution in [-0.2, 0) is 0 Å². The minimum absolute atomic E-state index is 0.0162. The maximum absolute atomic E-state index is 12.7. The standard InChI is InChI=1S/C20H23N3O3/c1-15(2)16-7-9-17(10-8-16)20(24)22-13-11-21(12-14-22)18-5-3-4-6-19(18)23(25)26/h3-10,15H,11-14H2,1-2H3. The van der Waals surface area contributed by atoms with Gasteiger partial charge in [-0.3, -0.25) is 14.9 Å². The number of carbonyl (C=O) groups excluding carboxylic acids is 1. The molecule has 2 aromatic carbocycles. The first-order chi connectivity index (χ1) is 12.5. The van der Waals surface area contributed by atoms with E-state index in [9.17, 15) is 14.9 Å². The summed E-state index contributed by atoms with van der Waals surface area (Å²) < 4.78 is 0. The lowest BCUT2D eigenvalue weighted by atomic mass is 10.0. The Bertz CT molecular complexity index is 794. The smallest absolute Gasteiger partial charge is 0.292 e. The van der Waals surface area contributed by atoms with Gasteiger partial charge in [0.1, 0.15) is 5.69 Å². The van der Waals surface area contributed by atoms with E-state index < -0.39 is 0 Å². The Labute approximate surface area is 153 Å². The zero-order valence-electron chi connectivity index (χ0n) is 15.1. The quantitative estimate of drug-likeness (QED) is 0.621. The van der Waals surface area contributed by atoms with Gasteiger partial charge in [-0.25, -0.2) is 0 Å². The summed E-state index contributed by atoms with van der Waals surface area (Å²) in [7, 11) is 0. The molecule has 0 unspecified atom stereocenters. The van der Waals surface area contributed by atoms with E-state index in [1.807, 2.05) is 34.1 Å². The average molecular weight is 353 g/mol. The molecule has 0 N–H and O–H groups in total. The Hall–Kier alpha value is -2.89. The maximum atomic E-state index is 12.7. The van der Waals surface area contributed by atoms with Crippen LogP contribution in [0.4, 0.5) is 11.4 Å². The van der Waals surface area contributed by atoms with E-state index in [-0.39, 0.29) is 16.5 Å². The number of piperazine rings is 1. The third-order valence-corrected chi connectivity index (χ3v) is 4.81. The summed E-state index contributed by atoms with van der Waals surface area (Å²) in [5.41, 5.74) is 2.62. The maximum Gasteiger partial charge on any atom is 0.292 e. The Kier molecular flexibility index (Phi) is 5.21. The van der Waals surface area contributed by atoms with Gasteiger partial charge < -0.3 is 9.80 Å². The van der Waals surface area contributed by atoms with Crippen LogP contribution in [0.2, 0.25) is 0 Å². The number of nitro groups is 1. The van der Waals surface area contributed by atoms with Crippen LogP contribution < -0.4 is 4.90 Å². The van der Waals surface area contributed by atoms with Crippen LogP contribution in [0.1, 0.15) is 35.7 Å². The highest BCUT2D eigenvalue weighted by atomic mass is 16.6. The summed E-state index contributed by atoms with van der Waals surface area (Å²) in [6.07, 6.45) is 0. The van der Waals surface area contributed by atoms with Gasteiger partial charge in [-0.15, -0.1) is 0 Å². The predicted octanol–water partition coefficient (Wildman–Crippen LogP) is 3.68. The van der Waals surface area contributed by atoms with Gasteiger partial charge in [-0.05, 0) is 29.7 Å². The molecule has 1 heterocycles. The topological polar surface area (TPSA) is 66.7 Å². The summed E-state index contributed by atoms with van der Waals surface area (Å²) in [5.74, 6) is 0.451. The lowest BCUT2D eigenvalue weighted by Gasteiger charge is -2.35. The van der Waals surface area contributed by atoms with E-state index in [0.29, 0.717) is 43.3 Å². The molecule has 0 radical (unpaired) electrons. The number of hydrogen-bond acceptors (Lipinski definition) is 4. The number of amides is 1. The van der Waals surface area contributed by atoms with Crippen molar-refractivity contribution >= 4 is 17.3 Å². The molecule has 0 saturated carbocycles. The van der Waals surface area contributed by atoms with E-state index in [2.05, 4.69) is 13.8 Å². The molecular formula is C20H23N3O3. The second kappa shape index (κ2) is 7.56. The Morgan fingerprint density at radius 1 is 1.00 bits per heavy atom. The summed E-state index contributed by atoms with van der Waals surface area (Å²) >= 11 is 0. The molecule has 0 bridgehead atoms. The van der Waals surface area contributed by atoms with E-state index in [4.69, 9.17) is 0 Å². The minimum atomic E-state index is -0.358. The molecule has 1 aliphatic heterocycles. The largest absolute Gasteiger partial charge is 0.362 e. The molecule has 1 aliphatic rings. The molecule has 3 rings (SSSR count). The Balaban J connectivity index is 1.67. The van der Waals surface area contributed by atoms with Crippen molar-refractivity contribution in [3.63, 3.8) is 0 Å². The lowest BCUT2D eigenvalue weighted by Crippen LogP contribution is -2.48. The van der Waals surface area contributed by atoms with Crippen LogP contribution in [0.5, 0.6) is 0 Å². The van der Waals surface area contributed by atoms with Crippen LogP contribution in [-0.4, -0.2) is 41.9 Å². The van der Waals surface area contributed by atoms with Crippen molar-refractivity contribution in [2.75, 3.05) is 31.1 Å². The van der Waals surface area contributed by atoms with E-state index >= 15 is 0 Å². The van der Waals surface area contributed by atoms with Gasteiger partial charge in [0.2, 0.25) is 0 Å². The zero-order chi connectivity index (χ0) is 18.7. The zero-order valence-corrected chi connectivity index (χ0v) is 15.1. The van der Waals surface area contributed by atoms with Crippen molar-refractivity contribution in [2.45, 2.75) is 19.8 Å². The van der Waals surface area contributed by atoms with Crippen molar-refractivity contribution < 1.29 is 9.72 Å². The van der Waals surface area contributed by atoms with Crippen molar-refractivity contribution in [3.8, 4) is 0 Å². The van der Waals surface area contributed by atoms with E-state index in [1.54, 1.807) is 18.2 Å². The third-order valence-electron chi connectivity index (χ3n) is 4.81. The minimum Gasteiger partial charge on any atom is -0.362 e. The van der Waals surface area contributed by atoms with Crippen molar-refractivity contribution in [1.82, 2.24) is 4.90 Å². The van der Waals surface area contributed by atoms with Gasteiger partial charge in [0.15, 0.2) is 0 Å². The number of benzene rings is 2. The second-order valence-electron chi connectivity index (χ2n) is 6.80. The van der Waals surface area contributed by atoms with Gasteiger partial charge in [0, 0.05) is 37.8 Å². The van der Waals surface area contributed by atoms with Crippen molar-refractivity contribution in [1.29, 1.82) is 0 Å². The number of nitro benzene ring substituents is 1. The molecule has 0 atom stereocenters. The SMILES string of the molecule is CC(C)c1ccc(C(=O)N2CCN(c3ccccc3[N+](=O)[O-])CC2)cc1. The molecule has 6 nitrogen and oxygen atoms in total. The fourth-order valence-corrected chi connectivity index (χ4v) is 3.23. The molecular weight excluding hydrogens is 330 g/mol. The van der Waals surface area contributed by atoms with Crippen LogP contribution in [0.3, 0.4) is 0 Å². The van der Waals surface area contributed by atoms with Crippen molar-refractivity contribution in [2.24, 2.45) is 0 Å². The summed E-state index contributed by atoms with van der Waals surface area (Å²) in [5, 5.41) is 11.2. The van der Waals surface area contributed by atoms with Crippen LogP contribution >= 0.6 is 0 Å². The fourth-order valence-electron chi connectivity index (χ4n) is 3.23. The second-order valence-corrected chi connectivity index (χ2v) is 6.80. The highest BCUT2D eigenvalue weighted by Gasteiger charge is 2.26. The number of hydrogen-bond donors (Lipinski definition) is 0. The van der Waals surface area contributed by atoms with E-state index in [0.717, 1.165) is 0 Å². The molecule has 6 heteroatoms. The number of carbonyl (C=O) groups is 1. The van der Waals surface area contributed by atoms with Crippen LogP contribution in [0, 0.1) is 10.1 Å². The highest BCUT2D eigenvalue weighted by Crippen LogP contribution is 2.28. The Morgan fingerprint density at radius 3 is 2.19 bits per heavy atom.